The Morgan fingerprint density at radius 1 is 1.27 bits per heavy atom. The second kappa shape index (κ2) is 7.69. The van der Waals surface area contributed by atoms with Gasteiger partial charge in [0.05, 0.1) is 5.92 Å². The van der Waals surface area contributed by atoms with Gasteiger partial charge in [0.25, 0.3) is 0 Å². The third-order valence-electron chi connectivity index (χ3n) is 2.94. The predicted octanol–water partition coefficient (Wildman–Crippen LogP) is 2.51. The van der Waals surface area contributed by atoms with Gasteiger partial charge in [0.1, 0.15) is 0 Å². The summed E-state index contributed by atoms with van der Waals surface area (Å²) >= 11 is 0. The number of nitrogens with one attached hydrogen (secondary N) is 1. The van der Waals surface area contributed by atoms with E-state index >= 15 is 0 Å². The zero-order valence-corrected chi connectivity index (χ0v) is 10.4. The molecule has 90 valence electrons. The summed E-state index contributed by atoms with van der Waals surface area (Å²) in [6.45, 7) is 6.41. The summed E-state index contributed by atoms with van der Waals surface area (Å²) in [5, 5.41) is 11.7. The highest BCUT2D eigenvalue weighted by Crippen LogP contribution is 2.27. The maximum atomic E-state index is 10.5. The SMILES string of the molecule is CC1CCC(C(=O)O)CC1.CNC(C)C. The maximum absolute atomic E-state index is 10.5. The quantitative estimate of drug-likeness (QED) is 0.744. The molecule has 3 heteroatoms. The zero-order chi connectivity index (χ0) is 11.8. The van der Waals surface area contributed by atoms with E-state index in [0.29, 0.717) is 6.04 Å². The van der Waals surface area contributed by atoms with E-state index in [4.69, 9.17) is 5.11 Å². The lowest BCUT2D eigenvalue weighted by Gasteiger charge is -2.22. The Morgan fingerprint density at radius 2 is 1.67 bits per heavy atom. The molecule has 2 N–H and O–H groups in total. The van der Waals surface area contributed by atoms with Crippen LogP contribution in [0.3, 0.4) is 0 Å². The van der Waals surface area contributed by atoms with Crippen molar-refractivity contribution in [3.63, 3.8) is 0 Å². The van der Waals surface area contributed by atoms with Gasteiger partial charge in [-0.15, -0.1) is 0 Å². The summed E-state index contributed by atoms with van der Waals surface area (Å²) in [5.41, 5.74) is 0. The van der Waals surface area contributed by atoms with Crippen LogP contribution in [0, 0.1) is 11.8 Å². The topological polar surface area (TPSA) is 49.3 Å². The number of carbonyl (C=O) groups is 1. The lowest BCUT2D eigenvalue weighted by Crippen LogP contribution is -2.19. The summed E-state index contributed by atoms with van der Waals surface area (Å²) in [6, 6.07) is 0.634. The first kappa shape index (κ1) is 14.4. The highest BCUT2D eigenvalue weighted by atomic mass is 16.4. The van der Waals surface area contributed by atoms with Gasteiger partial charge in [0.15, 0.2) is 0 Å². The minimum atomic E-state index is -0.605. The Kier molecular flexibility index (Phi) is 7.39. The highest BCUT2D eigenvalue weighted by Gasteiger charge is 2.23. The summed E-state index contributed by atoms with van der Waals surface area (Å²) in [6.07, 6.45) is 3.96. The molecule has 0 aromatic carbocycles. The molecule has 0 aromatic heterocycles. The van der Waals surface area contributed by atoms with E-state index in [1.165, 1.54) is 0 Å². The molecule has 0 aliphatic heterocycles. The molecular weight excluding hydrogens is 190 g/mol. The molecule has 1 aliphatic carbocycles. The molecule has 0 aromatic rings. The highest BCUT2D eigenvalue weighted by molar-refractivity contribution is 5.69. The van der Waals surface area contributed by atoms with Crippen LogP contribution in [0.5, 0.6) is 0 Å². The number of rotatable bonds is 2. The van der Waals surface area contributed by atoms with Crippen LogP contribution in [0.15, 0.2) is 0 Å². The van der Waals surface area contributed by atoms with E-state index in [9.17, 15) is 4.79 Å². The van der Waals surface area contributed by atoms with Crippen molar-refractivity contribution in [1.29, 1.82) is 0 Å². The van der Waals surface area contributed by atoms with E-state index in [0.717, 1.165) is 31.6 Å². The van der Waals surface area contributed by atoms with Gasteiger partial charge >= 0.3 is 5.97 Å². The van der Waals surface area contributed by atoms with Crippen LogP contribution >= 0.6 is 0 Å². The molecule has 1 aliphatic rings. The normalized spacial score (nSPS) is 25.7. The van der Waals surface area contributed by atoms with Gasteiger partial charge in [-0.05, 0) is 38.6 Å². The molecule has 0 radical (unpaired) electrons. The van der Waals surface area contributed by atoms with Crippen molar-refractivity contribution in [2.75, 3.05) is 7.05 Å². The van der Waals surface area contributed by atoms with Gasteiger partial charge in [-0.25, -0.2) is 0 Å². The average Bonchev–Trinajstić information content (AvgIpc) is 2.19. The van der Waals surface area contributed by atoms with Crippen molar-refractivity contribution in [1.82, 2.24) is 5.32 Å². The third kappa shape index (κ3) is 7.37. The fourth-order valence-corrected chi connectivity index (χ4v) is 1.51. The van der Waals surface area contributed by atoms with Crippen LogP contribution < -0.4 is 5.32 Å². The second-order valence-corrected chi connectivity index (χ2v) is 4.74. The summed E-state index contributed by atoms with van der Waals surface area (Å²) in [5.74, 6) is 0.0960. The second-order valence-electron chi connectivity index (χ2n) is 4.74. The van der Waals surface area contributed by atoms with E-state index in [2.05, 4.69) is 26.1 Å². The minimum absolute atomic E-state index is 0.0452. The van der Waals surface area contributed by atoms with Gasteiger partial charge < -0.3 is 10.4 Å². The molecule has 0 heterocycles. The van der Waals surface area contributed by atoms with Crippen molar-refractivity contribution in [3.8, 4) is 0 Å². The summed E-state index contributed by atoms with van der Waals surface area (Å²) < 4.78 is 0. The van der Waals surface area contributed by atoms with Crippen molar-refractivity contribution in [2.45, 2.75) is 52.5 Å². The Balaban J connectivity index is 0.000000336. The van der Waals surface area contributed by atoms with Gasteiger partial charge in [0.2, 0.25) is 0 Å². The molecule has 0 saturated heterocycles. The number of hydrogen-bond acceptors (Lipinski definition) is 2. The summed E-state index contributed by atoms with van der Waals surface area (Å²) in [4.78, 5) is 10.5. The maximum Gasteiger partial charge on any atom is 0.306 e. The Bertz CT molecular complexity index is 172. The molecule has 0 amide bonds. The van der Waals surface area contributed by atoms with Crippen molar-refractivity contribution >= 4 is 5.97 Å². The predicted molar refractivity (Wildman–Crippen MR) is 63.0 cm³/mol. The third-order valence-corrected chi connectivity index (χ3v) is 2.94. The average molecular weight is 215 g/mol. The minimum Gasteiger partial charge on any atom is -0.481 e. The van der Waals surface area contributed by atoms with E-state index in [1.807, 2.05) is 7.05 Å². The van der Waals surface area contributed by atoms with Gasteiger partial charge in [-0.3, -0.25) is 4.79 Å². The number of carboxylic acids is 1. The fraction of sp³-hybridized carbons (Fsp3) is 0.917. The van der Waals surface area contributed by atoms with Crippen molar-refractivity contribution in [3.05, 3.63) is 0 Å². The van der Waals surface area contributed by atoms with Crippen LogP contribution in [0.25, 0.3) is 0 Å². The Hall–Kier alpha value is -0.570. The smallest absolute Gasteiger partial charge is 0.306 e. The molecule has 1 rings (SSSR count). The van der Waals surface area contributed by atoms with Crippen LogP contribution in [0.4, 0.5) is 0 Å². The lowest BCUT2D eigenvalue weighted by atomic mass is 9.83. The van der Waals surface area contributed by atoms with Gasteiger partial charge in [-0.2, -0.15) is 0 Å². The Labute approximate surface area is 93.3 Å². The molecule has 0 spiro atoms. The largest absolute Gasteiger partial charge is 0.481 e. The fourth-order valence-electron chi connectivity index (χ4n) is 1.51. The van der Waals surface area contributed by atoms with Crippen LogP contribution in [-0.4, -0.2) is 24.2 Å². The first-order valence-electron chi connectivity index (χ1n) is 5.87. The van der Waals surface area contributed by atoms with Gasteiger partial charge in [0, 0.05) is 6.04 Å². The molecule has 1 saturated carbocycles. The first-order valence-corrected chi connectivity index (χ1v) is 5.87. The molecule has 0 atom stereocenters. The van der Waals surface area contributed by atoms with E-state index in [1.54, 1.807) is 0 Å². The summed E-state index contributed by atoms with van der Waals surface area (Å²) in [7, 11) is 1.95. The monoisotopic (exact) mass is 215 g/mol. The lowest BCUT2D eigenvalue weighted by molar-refractivity contribution is -0.143. The van der Waals surface area contributed by atoms with Crippen LogP contribution in [-0.2, 0) is 4.79 Å². The molecule has 0 bridgehead atoms. The van der Waals surface area contributed by atoms with E-state index < -0.39 is 5.97 Å². The number of aliphatic carboxylic acids is 1. The number of carboxylic acid groups (broad SMARTS) is 1. The molecule has 15 heavy (non-hydrogen) atoms. The molecule has 1 fully saturated rings. The molecule has 0 unspecified atom stereocenters. The van der Waals surface area contributed by atoms with Crippen LogP contribution in [0.2, 0.25) is 0 Å². The molecular formula is C12H25NO2. The number of hydrogen-bond donors (Lipinski definition) is 2. The Morgan fingerprint density at radius 3 is 1.93 bits per heavy atom. The zero-order valence-electron chi connectivity index (χ0n) is 10.4. The van der Waals surface area contributed by atoms with E-state index in [-0.39, 0.29) is 5.92 Å². The van der Waals surface area contributed by atoms with Gasteiger partial charge in [-0.1, -0.05) is 20.8 Å². The standard InChI is InChI=1S/C8H14O2.C4H11N/c1-6-2-4-7(5-3-6)8(9)10;1-4(2)5-3/h6-7H,2-5H2,1H3,(H,9,10);4-5H,1-3H3. The van der Waals surface area contributed by atoms with Crippen molar-refractivity contribution < 1.29 is 9.90 Å². The van der Waals surface area contributed by atoms with Crippen molar-refractivity contribution in [2.24, 2.45) is 11.8 Å². The first-order chi connectivity index (χ1) is 6.97. The molecule has 3 nitrogen and oxygen atoms in total. The van der Waals surface area contributed by atoms with Crippen LogP contribution in [0.1, 0.15) is 46.5 Å².